The molecule has 2 aliphatic carbocycles. The number of anilines is 3. The zero-order valence-corrected chi connectivity index (χ0v) is 17.2. The van der Waals surface area contributed by atoms with Crippen LogP contribution in [0, 0.1) is 0 Å². The maximum absolute atomic E-state index is 12.3. The van der Waals surface area contributed by atoms with Crippen LogP contribution >= 0.6 is 0 Å². The molecule has 0 bridgehead atoms. The van der Waals surface area contributed by atoms with E-state index in [0.717, 1.165) is 73.3 Å². The zero-order valence-electron chi connectivity index (χ0n) is 17.2. The van der Waals surface area contributed by atoms with Crippen molar-refractivity contribution < 1.29 is 14.3 Å². The molecule has 1 aliphatic heterocycles. The molecule has 1 aromatic heterocycles. The van der Waals surface area contributed by atoms with Crippen LogP contribution in [0.3, 0.4) is 0 Å². The first-order valence-electron chi connectivity index (χ1n) is 10.8. The van der Waals surface area contributed by atoms with Crippen molar-refractivity contribution in [2.45, 2.75) is 56.8 Å². The number of ether oxygens (including phenoxy) is 1. The number of benzene rings is 1. The van der Waals surface area contributed by atoms with Crippen LogP contribution in [0.5, 0.6) is 0 Å². The van der Waals surface area contributed by atoms with Crippen molar-refractivity contribution >= 4 is 29.3 Å². The lowest BCUT2D eigenvalue weighted by molar-refractivity contribution is -0.151. The van der Waals surface area contributed by atoms with Crippen LogP contribution in [0.4, 0.5) is 17.5 Å². The molecule has 0 radical (unpaired) electrons. The van der Waals surface area contributed by atoms with Crippen LogP contribution in [-0.2, 0) is 32.6 Å². The Bertz CT molecular complexity index is 998. The molecule has 3 aliphatic rings. The number of hydrogen-bond acceptors (Lipinski definition) is 6. The lowest BCUT2D eigenvalue weighted by Gasteiger charge is -2.39. The van der Waals surface area contributed by atoms with Crippen molar-refractivity contribution in [3.63, 3.8) is 0 Å². The first kappa shape index (κ1) is 19.0. The Morgan fingerprint density at radius 3 is 2.50 bits per heavy atom. The molecular formula is C23H26N4O3. The summed E-state index contributed by atoms with van der Waals surface area (Å²) < 4.78 is 5.06. The summed E-state index contributed by atoms with van der Waals surface area (Å²) in [5.41, 5.74) is 3.59. The Kier molecular flexibility index (Phi) is 4.68. The Morgan fingerprint density at radius 2 is 1.87 bits per heavy atom. The summed E-state index contributed by atoms with van der Waals surface area (Å²) in [7, 11) is 1.46. The fraction of sp³-hybridized carbons (Fsp3) is 0.478. The summed E-state index contributed by atoms with van der Waals surface area (Å²) in [6.45, 7) is 0.682. The molecular weight excluding hydrogens is 380 g/mol. The summed E-state index contributed by atoms with van der Waals surface area (Å²) in [5.74, 6) is 1.24. The van der Waals surface area contributed by atoms with E-state index in [4.69, 9.17) is 9.72 Å². The first-order valence-corrected chi connectivity index (χ1v) is 10.8. The van der Waals surface area contributed by atoms with Crippen molar-refractivity contribution in [3.8, 4) is 0 Å². The second-order valence-electron chi connectivity index (χ2n) is 8.43. The number of nitrogens with zero attached hydrogens (tertiary/aromatic N) is 3. The third-order valence-electron chi connectivity index (χ3n) is 6.72. The van der Waals surface area contributed by atoms with E-state index in [1.807, 2.05) is 24.3 Å². The minimum atomic E-state index is -0.493. The molecule has 1 saturated heterocycles. The summed E-state index contributed by atoms with van der Waals surface area (Å²) in [6.07, 6.45) is 7.03. The van der Waals surface area contributed by atoms with Crippen molar-refractivity contribution in [2.75, 3.05) is 23.9 Å². The van der Waals surface area contributed by atoms with Crippen LogP contribution in [0.1, 0.15) is 55.3 Å². The minimum absolute atomic E-state index is 0.0943. The number of aryl methyl sites for hydroxylation is 1. The van der Waals surface area contributed by atoms with Crippen molar-refractivity contribution in [1.82, 2.24) is 9.97 Å². The number of carbonyl (C=O) groups is 2. The highest BCUT2D eigenvalue weighted by atomic mass is 16.5. The molecule has 1 amide bonds. The van der Waals surface area contributed by atoms with Gasteiger partial charge in [-0.1, -0.05) is 18.6 Å². The van der Waals surface area contributed by atoms with Gasteiger partial charge in [0.25, 0.3) is 0 Å². The van der Waals surface area contributed by atoms with Crippen LogP contribution < -0.4 is 10.2 Å². The fourth-order valence-electron chi connectivity index (χ4n) is 4.85. The van der Waals surface area contributed by atoms with Crippen molar-refractivity contribution in [3.05, 3.63) is 41.1 Å². The molecule has 0 unspecified atom stereocenters. The Hall–Kier alpha value is -2.96. The topological polar surface area (TPSA) is 84.4 Å². The van der Waals surface area contributed by atoms with E-state index in [0.29, 0.717) is 18.9 Å². The molecule has 2 heterocycles. The van der Waals surface area contributed by atoms with Crippen LogP contribution in [0.15, 0.2) is 24.3 Å². The number of nitrogens with one attached hydrogen (secondary N) is 1. The van der Waals surface area contributed by atoms with Gasteiger partial charge in [-0.15, -0.1) is 0 Å². The maximum Gasteiger partial charge on any atom is 0.316 e. The number of aromatic nitrogens is 2. The van der Waals surface area contributed by atoms with E-state index in [1.54, 1.807) is 4.90 Å². The quantitative estimate of drug-likeness (QED) is 0.766. The molecule has 0 atom stereocenters. The fourth-order valence-corrected chi connectivity index (χ4v) is 4.85. The number of fused-ring (bicyclic) bond motifs is 1. The molecule has 1 aromatic carbocycles. The molecule has 2 fully saturated rings. The monoisotopic (exact) mass is 406 g/mol. The largest absolute Gasteiger partial charge is 0.468 e. The van der Waals surface area contributed by atoms with Gasteiger partial charge in [0.2, 0.25) is 11.9 Å². The highest BCUT2D eigenvalue weighted by Crippen LogP contribution is 2.45. The number of carbonyl (C=O) groups excluding carboxylic acids is 2. The molecule has 1 N–H and O–H groups in total. The number of methoxy groups -OCH3 is 1. The molecule has 156 valence electrons. The molecule has 7 heteroatoms. The van der Waals surface area contributed by atoms with Gasteiger partial charge in [0, 0.05) is 24.2 Å². The lowest BCUT2D eigenvalue weighted by atomic mass is 9.64. The molecule has 7 nitrogen and oxygen atoms in total. The Morgan fingerprint density at radius 1 is 1.07 bits per heavy atom. The van der Waals surface area contributed by atoms with Gasteiger partial charge in [-0.05, 0) is 56.2 Å². The third-order valence-corrected chi connectivity index (χ3v) is 6.72. The lowest BCUT2D eigenvalue weighted by Crippen LogP contribution is -2.43. The predicted molar refractivity (Wildman–Crippen MR) is 113 cm³/mol. The highest BCUT2D eigenvalue weighted by molar-refractivity contribution is 5.93. The van der Waals surface area contributed by atoms with E-state index in [1.165, 1.54) is 7.11 Å². The van der Waals surface area contributed by atoms with Crippen LogP contribution in [0.25, 0.3) is 0 Å². The van der Waals surface area contributed by atoms with Crippen molar-refractivity contribution in [1.29, 1.82) is 0 Å². The minimum Gasteiger partial charge on any atom is -0.468 e. The van der Waals surface area contributed by atoms with Gasteiger partial charge in [-0.3, -0.25) is 14.5 Å². The second-order valence-corrected chi connectivity index (χ2v) is 8.43. The normalized spacial score (nSPS) is 19.4. The van der Waals surface area contributed by atoms with E-state index in [-0.39, 0.29) is 11.9 Å². The van der Waals surface area contributed by atoms with E-state index in [2.05, 4.69) is 10.3 Å². The van der Waals surface area contributed by atoms with Crippen LogP contribution in [-0.4, -0.2) is 35.5 Å². The van der Waals surface area contributed by atoms with Gasteiger partial charge in [0.15, 0.2) is 0 Å². The van der Waals surface area contributed by atoms with Crippen molar-refractivity contribution in [2.24, 2.45) is 0 Å². The maximum atomic E-state index is 12.3. The first-order chi connectivity index (χ1) is 14.6. The van der Waals surface area contributed by atoms with E-state index in [9.17, 15) is 9.59 Å². The number of amides is 1. The SMILES string of the molecule is COC(=O)C1(c2ccc(Nc3nc(N4CCCC4=O)nc4c3CCC4)cc2)CCC1. The van der Waals surface area contributed by atoms with Crippen LogP contribution in [0.2, 0.25) is 0 Å². The average molecular weight is 406 g/mol. The molecule has 5 rings (SSSR count). The average Bonchev–Trinajstić information content (AvgIpc) is 3.37. The number of rotatable bonds is 5. The summed E-state index contributed by atoms with van der Waals surface area (Å²) in [5, 5.41) is 3.44. The molecule has 30 heavy (non-hydrogen) atoms. The van der Waals surface area contributed by atoms with Gasteiger partial charge in [0.05, 0.1) is 18.2 Å². The molecule has 0 spiro atoms. The number of esters is 1. The van der Waals surface area contributed by atoms with Gasteiger partial charge < -0.3 is 10.1 Å². The summed E-state index contributed by atoms with van der Waals surface area (Å²) in [6, 6.07) is 7.99. The highest BCUT2D eigenvalue weighted by Gasteiger charge is 2.46. The van der Waals surface area contributed by atoms with Gasteiger partial charge in [-0.25, -0.2) is 4.98 Å². The Balaban J connectivity index is 1.43. The molecule has 1 saturated carbocycles. The standard InChI is InChI=1S/C23H26N4O3/c1-30-21(29)23(12-4-13-23)15-8-10-16(11-9-15)24-20-17-5-2-6-18(17)25-22(26-20)27-14-3-7-19(27)28/h8-11H,2-7,12-14H2,1H3,(H,24,25,26). The number of hydrogen-bond donors (Lipinski definition) is 1. The van der Waals surface area contributed by atoms with Gasteiger partial charge in [-0.2, -0.15) is 4.98 Å². The van der Waals surface area contributed by atoms with Gasteiger partial charge in [0.1, 0.15) is 5.82 Å². The summed E-state index contributed by atoms with van der Waals surface area (Å²) in [4.78, 5) is 35.6. The molecule has 2 aromatic rings. The van der Waals surface area contributed by atoms with E-state index < -0.39 is 5.41 Å². The third kappa shape index (κ3) is 3.04. The summed E-state index contributed by atoms with van der Waals surface area (Å²) >= 11 is 0. The Labute approximate surface area is 175 Å². The van der Waals surface area contributed by atoms with Gasteiger partial charge >= 0.3 is 5.97 Å². The zero-order chi connectivity index (χ0) is 20.7. The predicted octanol–water partition coefficient (Wildman–Crippen LogP) is 3.43. The smallest absolute Gasteiger partial charge is 0.316 e. The van der Waals surface area contributed by atoms with E-state index >= 15 is 0 Å². The second kappa shape index (κ2) is 7.38.